The highest BCUT2D eigenvalue weighted by Gasteiger charge is 2.66. The summed E-state index contributed by atoms with van der Waals surface area (Å²) < 4.78 is 11.8. The Bertz CT molecular complexity index is 613. The highest BCUT2D eigenvalue weighted by molar-refractivity contribution is 5.78. The number of allylic oxidation sites excluding steroid dienone is 3. The predicted octanol–water partition coefficient (Wildman–Crippen LogP) is 3.75. The van der Waals surface area contributed by atoms with Crippen molar-refractivity contribution >= 4 is 11.8 Å². The molecule has 0 unspecified atom stereocenters. The third-order valence-electron chi connectivity index (χ3n) is 5.99. The van der Waals surface area contributed by atoms with Gasteiger partial charge in [0.15, 0.2) is 5.60 Å². The summed E-state index contributed by atoms with van der Waals surface area (Å²) in [4.78, 5) is 23.9. The first kappa shape index (κ1) is 17.4. The maximum atomic E-state index is 12.2. The number of rotatable bonds is 5. The lowest BCUT2D eigenvalue weighted by Gasteiger charge is -2.47. The van der Waals surface area contributed by atoms with Gasteiger partial charge in [0.05, 0.1) is 13.0 Å². The fraction of sp³-hybridized carbons (Fsp3) is 0.700. The minimum atomic E-state index is -0.708. The summed E-state index contributed by atoms with van der Waals surface area (Å²) in [7, 11) is 0. The SMILES string of the molecule is CC(=O)C[C@H]1OCC2=CC[C@](C)(CCC=C(C)C)[C@H]3CC(=O)O[C@@]231. The van der Waals surface area contributed by atoms with Crippen LogP contribution in [0.4, 0.5) is 0 Å². The Hall–Kier alpha value is -1.42. The lowest BCUT2D eigenvalue weighted by atomic mass is 9.58. The molecule has 0 bridgehead atoms. The molecule has 0 aromatic rings. The minimum Gasteiger partial charge on any atom is -0.451 e. The molecule has 1 aliphatic carbocycles. The van der Waals surface area contributed by atoms with Crippen molar-refractivity contribution in [3.05, 3.63) is 23.3 Å². The smallest absolute Gasteiger partial charge is 0.307 e. The van der Waals surface area contributed by atoms with Gasteiger partial charge in [-0.1, -0.05) is 24.6 Å². The van der Waals surface area contributed by atoms with Crippen LogP contribution in [0.2, 0.25) is 0 Å². The van der Waals surface area contributed by atoms with E-state index in [1.165, 1.54) is 5.57 Å². The summed E-state index contributed by atoms with van der Waals surface area (Å²) in [5.41, 5.74) is 1.67. The summed E-state index contributed by atoms with van der Waals surface area (Å²) in [5, 5.41) is 0. The van der Waals surface area contributed by atoms with Gasteiger partial charge in [0.2, 0.25) is 0 Å². The average Bonchev–Trinajstić information content (AvgIpc) is 2.99. The van der Waals surface area contributed by atoms with E-state index in [9.17, 15) is 9.59 Å². The Labute approximate surface area is 144 Å². The van der Waals surface area contributed by atoms with Gasteiger partial charge in [-0.25, -0.2) is 0 Å². The Morgan fingerprint density at radius 3 is 2.79 bits per heavy atom. The highest BCUT2D eigenvalue weighted by atomic mass is 16.6. The molecule has 0 saturated carbocycles. The van der Waals surface area contributed by atoms with E-state index < -0.39 is 5.60 Å². The molecule has 2 heterocycles. The second-order valence-electron chi connectivity index (χ2n) is 8.14. The molecule has 0 radical (unpaired) electrons. The Balaban J connectivity index is 1.94. The number of Topliss-reactive ketones (excluding diaryl/α,β-unsaturated/α-hetero) is 1. The third kappa shape index (κ3) is 2.75. The number of carbonyl (C=O) groups is 2. The molecule has 3 aliphatic rings. The zero-order valence-corrected chi connectivity index (χ0v) is 15.2. The average molecular weight is 332 g/mol. The van der Waals surface area contributed by atoms with Crippen LogP contribution in [0.15, 0.2) is 23.3 Å². The summed E-state index contributed by atoms with van der Waals surface area (Å²) in [6.07, 6.45) is 7.83. The highest BCUT2D eigenvalue weighted by Crippen LogP contribution is 2.59. The fourth-order valence-electron chi connectivity index (χ4n) is 4.75. The zero-order chi connectivity index (χ0) is 17.5. The van der Waals surface area contributed by atoms with Crippen molar-refractivity contribution in [1.82, 2.24) is 0 Å². The minimum absolute atomic E-state index is 0.00957. The molecule has 3 rings (SSSR count). The first-order chi connectivity index (χ1) is 11.3. The van der Waals surface area contributed by atoms with Gasteiger partial charge in [-0.05, 0) is 51.0 Å². The molecular weight excluding hydrogens is 304 g/mol. The molecule has 0 aromatic carbocycles. The lowest BCUT2D eigenvalue weighted by Crippen LogP contribution is -2.53. The van der Waals surface area contributed by atoms with E-state index in [-0.39, 0.29) is 29.2 Å². The van der Waals surface area contributed by atoms with Crippen LogP contribution in [0.3, 0.4) is 0 Å². The van der Waals surface area contributed by atoms with Gasteiger partial charge >= 0.3 is 5.97 Å². The van der Waals surface area contributed by atoms with Crippen molar-refractivity contribution in [3.8, 4) is 0 Å². The number of hydrogen-bond acceptors (Lipinski definition) is 4. The van der Waals surface area contributed by atoms with E-state index >= 15 is 0 Å². The van der Waals surface area contributed by atoms with E-state index in [0.717, 1.165) is 24.8 Å². The maximum absolute atomic E-state index is 12.2. The molecule has 2 saturated heterocycles. The number of esters is 1. The van der Waals surface area contributed by atoms with E-state index in [1.807, 2.05) is 0 Å². The summed E-state index contributed by atoms with van der Waals surface area (Å²) >= 11 is 0. The normalized spacial score (nSPS) is 37.3. The van der Waals surface area contributed by atoms with Crippen LogP contribution >= 0.6 is 0 Å². The Morgan fingerprint density at radius 2 is 2.12 bits per heavy atom. The maximum Gasteiger partial charge on any atom is 0.307 e. The molecule has 4 nitrogen and oxygen atoms in total. The summed E-state index contributed by atoms with van der Waals surface area (Å²) in [5.74, 6) is 0.0179. The largest absolute Gasteiger partial charge is 0.451 e. The van der Waals surface area contributed by atoms with Gasteiger partial charge in [0, 0.05) is 12.3 Å². The topological polar surface area (TPSA) is 52.6 Å². The summed E-state index contributed by atoms with van der Waals surface area (Å²) in [6, 6.07) is 0. The molecule has 0 N–H and O–H groups in total. The molecule has 0 amide bonds. The monoisotopic (exact) mass is 332 g/mol. The molecule has 132 valence electrons. The van der Waals surface area contributed by atoms with Crippen molar-refractivity contribution in [2.24, 2.45) is 11.3 Å². The standard InChI is InChI=1S/C20H28O4/c1-13(2)6-5-8-19(4)9-7-15-12-23-17(10-14(3)21)20(15)16(19)11-18(22)24-20/h6-7,16-17H,5,8-12H2,1-4H3/t16-,17-,19+,20+/m1/s1. The van der Waals surface area contributed by atoms with Crippen LogP contribution in [0.1, 0.15) is 59.8 Å². The molecule has 4 atom stereocenters. The van der Waals surface area contributed by atoms with Gasteiger partial charge in [0.1, 0.15) is 11.9 Å². The number of hydrogen-bond donors (Lipinski definition) is 0. The Kier molecular flexibility index (Phi) is 4.45. The molecule has 1 spiro atoms. The predicted molar refractivity (Wildman–Crippen MR) is 91.4 cm³/mol. The first-order valence-electron chi connectivity index (χ1n) is 8.94. The zero-order valence-electron chi connectivity index (χ0n) is 15.2. The molecule has 2 aliphatic heterocycles. The van der Waals surface area contributed by atoms with Crippen molar-refractivity contribution in [1.29, 1.82) is 0 Å². The Morgan fingerprint density at radius 1 is 1.38 bits per heavy atom. The second-order valence-corrected chi connectivity index (χ2v) is 8.14. The van der Waals surface area contributed by atoms with Gasteiger partial charge in [-0.15, -0.1) is 0 Å². The van der Waals surface area contributed by atoms with Gasteiger partial charge < -0.3 is 9.47 Å². The number of ether oxygens (including phenoxy) is 2. The van der Waals surface area contributed by atoms with Crippen LogP contribution in [-0.4, -0.2) is 30.1 Å². The van der Waals surface area contributed by atoms with E-state index in [0.29, 0.717) is 19.4 Å². The summed E-state index contributed by atoms with van der Waals surface area (Å²) in [6.45, 7) is 8.53. The van der Waals surface area contributed by atoms with Crippen LogP contribution in [0, 0.1) is 11.3 Å². The van der Waals surface area contributed by atoms with Gasteiger partial charge in [-0.2, -0.15) is 0 Å². The molecule has 4 heteroatoms. The van der Waals surface area contributed by atoms with E-state index in [2.05, 4.69) is 32.9 Å². The lowest BCUT2D eigenvalue weighted by molar-refractivity contribution is -0.156. The van der Waals surface area contributed by atoms with E-state index in [4.69, 9.17) is 9.47 Å². The molecule has 24 heavy (non-hydrogen) atoms. The van der Waals surface area contributed by atoms with Crippen molar-refractivity contribution < 1.29 is 19.1 Å². The van der Waals surface area contributed by atoms with Crippen molar-refractivity contribution in [2.75, 3.05) is 6.61 Å². The van der Waals surface area contributed by atoms with Gasteiger partial charge in [0.25, 0.3) is 0 Å². The third-order valence-corrected chi connectivity index (χ3v) is 5.99. The van der Waals surface area contributed by atoms with Crippen LogP contribution in [0.5, 0.6) is 0 Å². The van der Waals surface area contributed by atoms with Crippen LogP contribution < -0.4 is 0 Å². The number of carbonyl (C=O) groups excluding carboxylic acids is 2. The van der Waals surface area contributed by atoms with Gasteiger partial charge in [-0.3, -0.25) is 9.59 Å². The van der Waals surface area contributed by atoms with E-state index in [1.54, 1.807) is 6.92 Å². The number of ketones is 1. The van der Waals surface area contributed by atoms with Crippen LogP contribution in [0.25, 0.3) is 0 Å². The second kappa shape index (κ2) is 6.14. The van der Waals surface area contributed by atoms with Crippen LogP contribution in [-0.2, 0) is 19.1 Å². The van der Waals surface area contributed by atoms with Crippen molar-refractivity contribution in [3.63, 3.8) is 0 Å². The molecular formula is C20H28O4. The first-order valence-corrected chi connectivity index (χ1v) is 8.94. The molecule has 0 aromatic heterocycles. The molecule has 2 fully saturated rings. The fourth-order valence-corrected chi connectivity index (χ4v) is 4.75. The quantitative estimate of drug-likeness (QED) is 0.568. The van der Waals surface area contributed by atoms with Crippen molar-refractivity contribution in [2.45, 2.75) is 71.5 Å².